The van der Waals surface area contributed by atoms with E-state index in [0.29, 0.717) is 17.1 Å². The molecule has 1 aromatic heterocycles. The fourth-order valence-corrected chi connectivity index (χ4v) is 2.74. The van der Waals surface area contributed by atoms with E-state index in [9.17, 15) is 4.79 Å². The van der Waals surface area contributed by atoms with Gasteiger partial charge >= 0.3 is 0 Å². The molecular formula is C11H13ClN4O. The third-order valence-electron chi connectivity index (χ3n) is 3.44. The quantitative estimate of drug-likeness (QED) is 0.815. The van der Waals surface area contributed by atoms with E-state index in [2.05, 4.69) is 20.6 Å². The van der Waals surface area contributed by atoms with Crippen LogP contribution in [0.25, 0.3) is 0 Å². The summed E-state index contributed by atoms with van der Waals surface area (Å²) in [7, 11) is 0. The molecule has 6 heteroatoms. The van der Waals surface area contributed by atoms with Gasteiger partial charge in [0.15, 0.2) is 0 Å². The number of rotatable bonds is 2. The van der Waals surface area contributed by atoms with Crippen molar-refractivity contribution in [1.29, 1.82) is 0 Å². The lowest BCUT2D eigenvalue weighted by Crippen LogP contribution is -2.43. The highest BCUT2D eigenvalue weighted by atomic mass is 35.5. The highest BCUT2D eigenvalue weighted by molar-refractivity contribution is 6.30. The molecule has 90 valence electrons. The molecule has 2 fully saturated rings. The van der Waals surface area contributed by atoms with Gasteiger partial charge in [-0.25, -0.2) is 9.97 Å². The maximum atomic E-state index is 11.9. The predicted molar refractivity (Wildman–Crippen MR) is 62.9 cm³/mol. The van der Waals surface area contributed by atoms with Crippen molar-refractivity contribution in [2.75, 3.05) is 0 Å². The lowest BCUT2D eigenvalue weighted by molar-refractivity contribution is 0.0920. The highest BCUT2D eigenvalue weighted by Crippen LogP contribution is 2.28. The van der Waals surface area contributed by atoms with Crippen molar-refractivity contribution >= 4 is 17.5 Å². The molecule has 3 rings (SSSR count). The fraction of sp³-hybridized carbons (Fsp3) is 0.545. The zero-order chi connectivity index (χ0) is 11.8. The summed E-state index contributed by atoms with van der Waals surface area (Å²) in [5.41, 5.74) is 0. The summed E-state index contributed by atoms with van der Waals surface area (Å²) in [6.45, 7) is 0. The maximum Gasteiger partial charge on any atom is 0.289 e. The Hall–Kier alpha value is -1.20. The standard InChI is InChI=1S/C11H13ClN4O/c12-6-4-13-10(14-5-6)11(17)16-9-3-7-1-2-8(9)15-7/h4-5,7-9,15H,1-3H2,(H,16,17). The van der Waals surface area contributed by atoms with Crippen LogP contribution in [-0.4, -0.2) is 34.0 Å². The molecular weight excluding hydrogens is 240 g/mol. The molecule has 3 atom stereocenters. The largest absolute Gasteiger partial charge is 0.345 e. The summed E-state index contributed by atoms with van der Waals surface area (Å²) in [6.07, 6.45) is 6.22. The molecule has 2 bridgehead atoms. The second kappa shape index (κ2) is 4.23. The Morgan fingerprint density at radius 1 is 1.41 bits per heavy atom. The van der Waals surface area contributed by atoms with Crippen LogP contribution in [0.3, 0.4) is 0 Å². The summed E-state index contributed by atoms with van der Waals surface area (Å²) < 4.78 is 0. The van der Waals surface area contributed by atoms with Gasteiger partial charge in [-0.1, -0.05) is 11.6 Å². The highest BCUT2D eigenvalue weighted by Gasteiger charge is 2.39. The van der Waals surface area contributed by atoms with Gasteiger partial charge in [0, 0.05) is 30.5 Å². The number of carbonyl (C=O) groups excluding carboxylic acids is 1. The average Bonchev–Trinajstić information content (AvgIpc) is 2.91. The molecule has 0 spiro atoms. The van der Waals surface area contributed by atoms with E-state index in [-0.39, 0.29) is 17.8 Å². The Morgan fingerprint density at radius 2 is 2.18 bits per heavy atom. The van der Waals surface area contributed by atoms with Gasteiger partial charge in [-0.15, -0.1) is 0 Å². The lowest BCUT2D eigenvalue weighted by atomic mass is 9.95. The zero-order valence-corrected chi connectivity index (χ0v) is 9.94. The molecule has 2 aliphatic heterocycles. The van der Waals surface area contributed by atoms with E-state index < -0.39 is 0 Å². The Balaban J connectivity index is 1.65. The molecule has 2 aliphatic rings. The van der Waals surface area contributed by atoms with Gasteiger partial charge in [0.1, 0.15) is 0 Å². The zero-order valence-electron chi connectivity index (χ0n) is 9.19. The number of fused-ring (bicyclic) bond motifs is 2. The van der Waals surface area contributed by atoms with Crippen molar-refractivity contribution in [2.45, 2.75) is 37.4 Å². The van der Waals surface area contributed by atoms with Crippen LogP contribution in [0.15, 0.2) is 12.4 Å². The van der Waals surface area contributed by atoms with Crippen molar-refractivity contribution < 1.29 is 4.79 Å². The number of hydrogen-bond acceptors (Lipinski definition) is 4. The van der Waals surface area contributed by atoms with Gasteiger partial charge in [0.05, 0.1) is 5.02 Å². The van der Waals surface area contributed by atoms with Gasteiger partial charge in [-0.05, 0) is 19.3 Å². The lowest BCUT2D eigenvalue weighted by Gasteiger charge is -2.20. The first kappa shape index (κ1) is 10.9. The molecule has 0 aliphatic carbocycles. The van der Waals surface area contributed by atoms with Crippen LogP contribution in [0.1, 0.15) is 29.9 Å². The minimum Gasteiger partial charge on any atom is -0.345 e. The smallest absolute Gasteiger partial charge is 0.289 e. The number of aromatic nitrogens is 2. The molecule has 0 aromatic carbocycles. The second-order valence-corrected chi connectivity index (χ2v) is 5.02. The first-order chi connectivity index (χ1) is 8.22. The van der Waals surface area contributed by atoms with Gasteiger partial charge in [0.25, 0.3) is 5.91 Å². The summed E-state index contributed by atoms with van der Waals surface area (Å²) in [6, 6.07) is 1.19. The molecule has 2 N–H and O–H groups in total. The minimum atomic E-state index is -0.221. The van der Waals surface area contributed by atoms with Crippen molar-refractivity contribution in [1.82, 2.24) is 20.6 Å². The Bertz CT molecular complexity index is 436. The summed E-state index contributed by atoms with van der Waals surface area (Å²) in [4.78, 5) is 19.7. The number of nitrogens with zero attached hydrogens (tertiary/aromatic N) is 2. The second-order valence-electron chi connectivity index (χ2n) is 4.59. The Labute approximate surface area is 104 Å². The molecule has 0 saturated carbocycles. The molecule has 3 unspecified atom stereocenters. The average molecular weight is 253 g/mol. The van der Waals surface area contributed by atoms with E-state index in [1.165, 1.54) is 18.8 Å². The van der Waals surface area contributed by atoms with Crippen molar-refractivity contribution in [3.63, 3.8) is 0 Å². The summed E-state index contributed by atoms with van der Waals surface area (Å²) >= 11 is 5.67. The number of hydrogen-bond donors (Lipinski definition) is 2. The number of amides is 1. The Morgan fingerprint density at radius 3 is 2.76 bits per heavy atom. The molecule has 17 heavy (non-hydrogen) atoms. The third kappa shape index (κ3) is 2.12. The summed E-state index contributed by atoms with van der Waals surface area (Å²) in [5.74, 6) is -0.0433. The molecule has 5 nitrogen and oxygen atoms in total. The maximum absolute atomic E-state index is 11.9. The number of nitrogens with one attached hydrogen (secondary N) is 2. The van der Waals surface area contributed by atoms with E-state index in [1.807, 2.05) is 0 Å². The van der Waals surface area contributed by atoms with E-state index in [4.69, 9.17) is 11.6 Å². The molecule has 3 heterocycles. The van der Waals surface area contributed by atoms with E-state index >= 15 is 0 Å². The predicted octanol–water partition coefficient (Wildman–Crippen LogP) is 0.753. The van der Waals surface area contributed by atoms with Crippen LogP contribution in [0.2, 0.25) is 5.02 Å². The van der Waals surface area contributed by atoms with Crippen molar-refractivity contribution in [2.24, 2.45) is 0 Å². The molecule has 1 amide bonds. The van der Waals surface area contributed by atoms with Crippen LogP contribution in [0, 0.1) is 0 Å². The van der Waals surface area contributed by atoms with Gasteiger partial charge in [-0.3, -0.25) is 4.79 Å². The Kier molecular flexibility index (Phi) is 2.72. The number of halogens is 1. The fourth-order valence-electron chi connectivity index (χ4n) is 2.65. The monoisotopic (exact) mass is 252 g/mol. The van der Waals surface area contributed by atoms with Crippen molar-refractivity contribution in [3.05, 3.63) is 23.2 Å². The van der Waals surface area contributed by atoms with E-state index in [1.54, 1.807) is 0 Å². The minimum absolute atomic E-state index is 0.178. The van der Waals surface area contributed by atoms with Gasteiger partial charge in [0.2, 0.25) is 5.82 Å². The molecule has 2 saturated heterocycles. The first-order valence-corrected chi connectivity index (χ1v) is 6.14. The third-order valence-corrected chi connectivity index (χ3v) is 3.64. The van der Waals surface area contributed by atoms with Crippen LogP contribution < -0.4 is 10.6 Å². The van der Waals surface area contributed by atoms with Crippen LogP contribution in [-0.2, 0) is 0 Å². The van der Waals surface area contributed by atoms with Crippen LogP contribution in [0.4, 0.5) is 0 Å². The molecule has 0 radical (unpaired) electrons. The van der Waals surface area contributed by atoms with Gasteiger partial charge < -0.3 is 10.6 Å². The van der Waals surface area contributed by atoms with Crippen LogP contribution >= 0.6 is 11.6 Å². The number of carbonyl (C=O) groups is 1. The van der Waals surface area contributed by atoms with Crippen LogP contribution in [0.5, 0.6) is 0 Å². The molecule has 1 aromatic rings. The van der Waals surface area contributed by atoms with E-state index in [0.717, 1.165) is 12.8 Å². The SMILES string of the molecule is O=C(NC1CC2CCC1N2)c1ncc(Cl)cn1. The summed E-state index contributed by atoms with van der Waals surface area (Å²) in [5, 5.41) is 6.88. The first-order valence-electron chi connectivity index (χ1n) is 5.77. The van der Waals surface area contributed by atoms with Gasteiger partial charge in [-0.2, -0.15) is 0 Å². The van der Waals surface area contributed by atoms with Crippen molar-refractivity contribution in [3.8, 4) is 0 Å². The normalized spacial score (nSPS) is 30.5. The topological polar surface area (TPSA) is 66.9 Å².